The molecule has 110 valence electrons. The summed E-state index contributed by atoms with van der Waals surface area (Å²) in [7, 11) is 0. The van der Waals surface area contributed by atoms with Gasteiger partial charge in [-0.05, 0) is 43.6 Å². The average molecular weight is 285 g/mol. The van der Waals surface area contributed by atoms with E-state index in [2.05, 4.69) is 6.92 Å². The fraction of sp³-hybridized carbons (Fsp3) is 0.933. The minimum Gasteiger partial charge on any atom is -0.375 e. The van der Waals surface area contributed by atoms with Gasteiger partial charge in [-0.1, -0.05) is 19.8 Å². The third kappa shape index (κ3) is 3.96. The summed E-state index contributed by atoms with van der Waals surface area (Å²) in [4.78, 5) is 12.4. The van der Waals surface area contributed by atoms with Gasteiger partial charge in [0.2, 0.25) is 0 Å². The minimum atomic E-state index is -0.252. The molecule has 2 N–H and O–H groups in total. The van der Waals surface area contributed by atoms with E-state index in [4.69, 9.17) is 10.5 Å². The first kappa shape index (κ1) is 15.3. The second-order valence-electron chi connectivity index (χ2n) is 5.98. The van der Waals surface area contributed by atoms with Crippen LogP contribution in [0.15, 0.2) is 0 Å². The molecule has 0 aromatic rings. The number of nitrogens with two attached hydrogens (primary N) is 1. The fourth-order valence-electron chi connectivity index (χ4n) is 3.23. The van der Waals surface area contributed by atoms with Crippen LogP contribution in [0.3, 0.4) is 0 Å². The molecule has 19 heavy (non-hydrogen) atoms. The van der Waals surface area contributed by atoms with Crippen molar-refractivity contribution in [3.8, 4) is 0 Å². The highest BCUT2D eigenvalue weighted by atomic mass is 32.2. The van der Waals surface area contributed by atoms with Crippen LogP contribution in [0.25, 0.3) is 0 Å². The Morgan fingerprint density at radius 2 is 2.21 bits per heavy atom. The number of unbranched alkanes of at least 4 members (excludes halogenated alkanes) is 1. The Bertz CT molecular complexity index is 297. The predicted octanol–water partition coefficient (Wildman–Crippen LogP) is 2.77. The van der Waals surface area contributed by atoms with Crippen molar-refractivity contribution in [2.75, 3.05) is 18.1 Å². The number of hydrogen-bond acceptors (Lipinski definition) is 4. The number of hydrogen-bond donors (Lipinski definition) is 1. The first-order valence-electron chi connectivity index (χ1n) is 7.68. The molecule has 0 aromatic carbocycles. The highest BCUT2D eigenvalue weighted by Crippen LogP contribution is 2.40. The Morgan fingerprint density at radius 1 is 1.47 bits per heavy atom. The van der Waals surface area contributed by atoms with E-state index in [1.165, 1.54) is 11.5 Å². The smallest absolute Gasteiger partial charge is 0.152 e. The van der Waals surface area contributed by atoms with Gasteiger partial charge in [-0.3, -0.25) is 4.79 Å². The number of ether oxygens (including phenoxy) is 1. The summed E-state index contributed by atoms with van der Waals surface area (Å²) >= 11 is 2.00. The Hall–Kier alpha value is -0.0600. The highest BCUT2D eigenvalue weighted by molar-refractivity contribution is 7.99. The molecule has 1 spiro atoms. The van der Waals surface area contributed by atoms with Crippen LogP contribution in [0.1, 0.15) is 51.9 Å². The molecule has 2 saturated heterocycles. The molecular formula is C15H27NO2S. The van der Waals surface area contributed by atoms with E-state index in [1.54, 1.807) is 0 Å². The summed E-state index contributed by atoms with van der Waals surface area (Å²) in [6.07, 6.45) is 6.99. The maximum atomic E-state index is 12.4. The lowest BCUT2D eigenvalue weighted by molar-refractivity contribution is -0.139. The van der Waals surface area contributed by atoms with Crippen molar-refractivity contribution < 1.29 is 9.53 Å². The van der Waals surface area contributed by atoms with E-state index in [0.29, 0.717) is 0 Å². The molecule has 2 heterocycles. The summed E-state index contributed by atoms with van der Waals surface area (Å²) in [5.74, 6) is 2.77. The van der Waals surface area contributed by atoms with Crippen LogP contribution in [0.4, 0.5) is 0 Å². The number of ketones is 1. The van der Waals surface area contributed by atoms with Crippen LogP contribution in [0, 0.1) is 5.92 Å². The number of carbonyl (C=O) groups excluding carboxylic acids is 1. The summed E-state index contributed by atoms with van der Waals surface area (Å²) in [6.45, 7) is 2.88. The third-order valence-electron chi connectivity index (χ3n) is 4.53. The van der Waals surface area contributed by atoms with E-state index in [-0.39, 0.29) is 23.3 Å². The van der Waals surface area contributed by atoms with Crippen molar-refractivity contribution in [1.82, 2.24) is 0 Å². The quantitative estimate of drug-likeness (QED) is 0.844. The maximum Gasteiger partial charge on any atom is 0.152 e. The molecule has 0 aromatic heterocycles. The van der Waals surface area contributed by atoms with Gasteiger partial charge in [-0.15, -0.1) is 0 Å². The molecule has 0 saturated carbocycles. The average Bonchev–Trinajstić information content (AvgIpc) is 2.45. The molecule has 2 rings (SSSR count). The van der Waals surface area contributed by atoms with Crippen molar-refractivity contribution in [3.05, 3.63) is 0 Å². The standard InChI is InChI=1S/C15H27NO2S/c1-2-3-4-13(16)14(17)12-5-8-18-15(11-12)6-9-19-10-7-15/h12-13H,2-11,16H2,1H3. The van der Waals surface area contributed by atoms with Gasteiger partial charge in [0.25, 0.3) is 0 Å². The van der Waals surface area contributed by atoms with Crippen LogP contribution in [-0.2, 0) is 9.53 Å². The molecule has 2 aliphatic heterocycles. The molecule has 0 aliphatic carbocycles. The molecule has 2 fully saturated rings. The van der Waals surface area contributed by atoms with E-state index in [9.17, 15) is 4.79 Å². The Labute approximate surface area is 121 Å². The van der Waals surface area contributed by atoms with Gasteiger partial charge in [0, 0.05) is 12.5 Å². The van der Waals surface area contributed by atoms with Crippen molar-refractivity contribution in [2.45, 2.75) is 63.5 Å². The SMILES string of the molecule is CCCCC(N)C(=O)C1CCOC2(CCSCC2)C1. The molecule has 2 atom stereocenters. The molecular weight excluding hydrogens is 258 g/mol. The highest BCUT2D eigenvalue weighted by Gasteiger charge is 2.41. The van der Waals surface area contributed by atoms with E-state index >= 15 is 0 Å². The third-order valence-corrected chi connectivity index (χ3v) is 5.52. The second kappa shape index (κ2) is 7.09. The van der Waals surface area contributed by atoms with Gasteiger partial charge in [0.15, 0.2) is 5.78 Å². The van der Waals surface area contributed by atoms with Gasteiger partial charge in [0.1, 0.15) is 0 Å². The first-order chi connectivity index (χ1) is 9.17. The number of Topliss-reactive ketones (excluding diaryl/α,β-unsaturated/α-hetero) is 1. The van der Waals surface area contributed by atoms with Crippen molar-refractivity contribution in [2.24, 2.45) is 11.7 Å². The molecule has 2 unspecified atom stereocenters. The van der Waals surface area contributed by atoms with Crippen LogP contribution in [-0.4, -0.2) is 35.5 Å². The van der Waals surface area contributed by atoms with E-state index < -0.39 is 0 Å². The van der Waals surface area contributed by atoms with Crippen molar-refractivity contribution >= 4 is 17.5 Å². The molecule has 0 amide bonds. The van der Waals surface area contributed by atoms with Gasteiger partial charge >= 0.3 is 0 Å². The van der Waals surface area contributed by atoms with Crippen molar-refractivity contribution in [1.29, 1.82) is 0 Å². The molecule has 3 nitrogen and oxygen atoms in total. The predicted molar refractivity (Wildman–Crippen MR) is 80.5 cm³/mol. The van der Waals surface area contributed by atoms with Crippen LogP contribution in [0.2, 0.25) is 0 Å². The van der Waals surface area contributed by atoms with Crippen LogP contribution >= 0.6 is 11.8 Å². The fourth-order valence-corrected chi connectivity index (χ4v) is 4.47. The lowest BCUT2D eigenvalue weighted by Gasteiger charge is -2.43. The first-order valence-corrected chi connectivity index (χ1v) is 8.83. The number of carbonyl (C=O) groups is 1. The minimum absolute atomic E-state index is 0.00565. The maximum absolute atomic E-state index is 12.4. The summed E-state index contributed by atoms with van der Waals surface area (Å²) in [6, 6.07) is -0.252. The van der Waals surface area contributed by atoms with Crippen LogP contribution < -0.4 is 5.73 Å². The zero-order valence-electron chi connectivity index (χ0n) is 12.0. The number of thioether (sulfide) groups is 1. The Kier molecular flexibility index (Phi) is 5.72. The lowest BCUT2D eigenvalue weighted by atomic mass is 9.78. The van der Waals surface area contributed by atoms with Gasteiger partial charge < -0.3 is 10.5 Å². The second-order valence-corrected chi connectivity index (χ2v) is 7.21. The summed E-state index contributed by atoms with van der Waals surface area (Å²) in [5.41, 5.74) is 6.05. The van der Waals surface area contributed by atoms with Crippen LogP contribution in [0.5, 0.6) is 0 Å². The monoisotopic (exact) mass is 285 g/mol. The number of rotatable bonds is 5. The molecule has 0 bridgehead atoms. The summed E-state index contributed by atoms with van der Waals surface area (Å²) in [5, 5.41) is 0. The van der Waals surface area contributed by atoms with Gasteiger partial charge in [-0.25, -0.2) is 0 Å². The molecule has 0 radical (unpaired) electrons. The lowest BCUT2D eigenvalue weighted by Crippen LogP contribution is -2.47. The van der Waals surface area contributed by atoms with E-state index in [0.717, 1.165) is 51.6 Å². The Balaban J connectivity index is 1.91. The zero-order valence-corrected chi connectivity index (χ0v) is 12.8. The molecule has 4 heteroatoms. The van der Waals surface area contributed by atoms with Crippen molar-refractivity contribution in [3.63, 3.8) is 0 Å². The van der Waals surface area contributed by atoms with Gasteiger partial charge in [0.05, 0.1) is 11.6 Å². The Morgan fingerprint density at radius 3 is 2.89 bits per heavy atom. The van der Waals surface area contributed by atoms with E-state index in [1.807, 2.05) is 11.8 Å². The topological polar surface area (TPSA) is 52.3 Å². The molecule has 2 aliphatic rings. The van der Waals surface area contributed by atoms with Gasteiger partial charge in [-0.2, -0.15) is 11.8 Å². The normalized spacial score (nSPS) is 28.2. The summed E-state index contributed by atoms with van der Waals surface area (Å²) < 4.78 is 6.04. The zero-order chi connectivity index (χ0) is 13.7. The largest absolute Gasteiger partial charge is 0.375 e.